The van der Waals surface area contributed by atoms with E-state index in [2.05, 4.69) is 12.2 Å². The molecule has 0 atom stereocenters. The molecule has 0 saturated heterocycles. The van der Waals surface area contributed by atoms with Gasteiger partial charge in [-0.15, -0.1) is 0 Å². The summed E-state index contributed by atoms with van der Waals surface area (Å²) in [6.45, 7) is 5.74. The second-order valence-corrected chi connectivity index (χ2v) is 11.6. The zero-order valence-corrected chi connectivity index (χ0v) is 23.1. The lowest BCUT2D eigenvalue weighted by atomic mass is 10.0. The molecule has 0 saturated carbocycles. The Morgan fingerprint density at radius 2 is 1.18 bits per heavy atom. The quantitative estimate of drug-likeness (QED) is 0.142. The van der Waals surface area contributed by atoms with Crippen molar-refractivity contribution < 1.29 is 15.7 Å². The van der Waals surface area contributed by atoms with Crippen molar-refractivity contribution in [2.45, 2.75) is 124 Å². The van der Waals surface area contributed by atoms with Gasteiger partial charge in [0.1, 0.15) is 0 Å². The highest BCUT2D eigenvalue weighted by Gasteiger charge is 2.19. The summed E-state index contributed by atoms with van der Waals surface area (Å²) < 4.78 is 23.4. The maximum Gasteiger partial charge on any atom is 0.341 e. The molecule has 0 unspecified atom stereocenters. The van der Waals surface area contributed by atoms with Crippen LogP contribution in [0.1, 0.15) is 131 Å². The van der Waals surface area contributed by atoms with E-state index in [1.165, 1.54) is 77.0 Å². The summed E-state index contributed by atoms with van der Waals surface area (Å²) >= 11 is -3.84. The highest BCUT2D eigenvalue weighted by Crippen LogP contribution is 2.27. The molecule has 2 amide bonds. The molecule has 1 rings (SSSR count). The average Bonchev–Trinajstić information content (AvgIpc) is 2.75. The number of benzene rings is 1. The molecule has 188 valence electrons. The number of carbonyl (C=O) groups is 2. The zero-order chi connectivity index (χ0) is 24.5. The van der Waals surface area contributed by atoms with Gasteiger partial charge >= 0.3 is 19.8 Å². The van der Waals surface area contributed by atoms with Crippen molar-refractivity contribution in [1.29, 1.82) is 0 Å². The van der Waals surface area contributed by atoms with Gasteiger partial charge in [-0.1, -0.05) is 103 Å². The highest BCUT2D eigenvalue weighted by molar-refractivity contribution is 14.2. The van der Waals surface area contributed by atoms with Crippen LogP contribution in [0.15, 0.2) is 12.1 Å². The van der Waals surface area contributed by atoms with E-state index in [1.54, 1.807) is 26.0 Å². The third-order valence-electron chi connectivity index (χ3n) is 6.06. The van der Waals surface area contributed by atoms with Gasteiger partial charge in [-0.3, -0.25) is 14.9 Å². The Kier molecular flexibility index (Phi) is 16.3. The molecule has 0 aliphatic rings. The van der Waals surface area contributed by atoms with Crippen molar-refractivity contribution in [3.63, 3.8) is 0 Å². The average molecular weight is 574 g/mol. The molecule has 0 radical (unpaired) electrons. The minimum absolute atomic E-state index is 0.0853. The first kappa shape index (κ1) is 29.7. The second kappa shape index (κ2) is 18.1. The maximum absolute atomic E-state index is 12.5. The van der Waals surface area contributed by atoms with Crippen LogP contribution in [0.5, 0.6) is 0 Å². The van der Waals surface area contributed by atoms with Crippen LogP contribution in [0.25, 0.3) is 0 Å². The molecular formula is C27H44INO4. The summed E-state index contributed by atoms with van der Waals surface area (Å²) in [5.41, 5.74) is 1.45. The molecule has 1 N–H and O–H groups in total. The number of hydrogen-bond donors (Lipinski definition) is 1. The number of aryl methyl sites for hydroxylation is 2. The fraction of sp³-hybridized carbons (Fsp3) is 0.704. The fourth-order valence-electron chi connectivity index (χ4n) is 4.23. The number of carbonyl (C=O) groups excluding carboxylic acids is 2. The molecule has 6 heteroatoms. The number of imide groups is 1. The predicted octanol–water partition coefficient (Wildman–Crippen LogP) is 8.19. The Morgan fingerprint density at radius 1 is 0.727 bits per heavy atom. The van der Waals surface area contributed by atoms with E-state index in [0.29, 0.717) is 12.0 Å². The molecule has 0 bridgehead atoms. The molecule has 33 heavy (non-hydrogen) atoms. The Morgan fingerprint density at radius 3 is 1.64 bits per heavy atom. The normalized spacial score (nSPS) is 11.2. The Hall–Kier alpha value is -1.31. The lowest BCUT2D eigenvalue weighted by Crippen LogP contribution is -2.31. The molecule has 0 aliphatic heterocycles. The number of amides is 2. The lowest BCUT2D eigenvalue weighted by molar-refractivity contribution is -0.120. The Balaban J connectivity index is 2.11. The van der Waals surface area contributed by atoms with Crippen molar-refractivity contribution in [3.05, 3.63) is 32.4 Å². The maximum atomic E-state index is 12.5. The van der Waals surface area contributed by atoms with Crippen LogP contribution in [-0.2, 0) is 10.9 Å². The van der Waals surface area contributed by atoms with Crippen LogP contribution >= 0.6 is 19.8 Å². The van der Waals surface area contributed by atoms with Crippen molar-refractivity contribution in [3.8, 4) is 0 Å². The van der Waals surface area contributed by atoms with E-state index in [4.69, 9.17) is 0 Å². The van der Waals surface area contributed by atoms with Crippen LogP contribution in [0, 0.1) is 17.4 Å². The van der Waals surface area contributed by atoms with Gasteiger partial charge in [-0.25, -0.2) is 6.14 Å². The van der Waals surface area contributed by atoms with E-state index in [0.717, 1.165) is 24.8 Å². The van der Waals surface area contributed by atoms with E-state index in [1.807, 2.05) is 0 Å². The number of rotatable bonds is 18. The monoisotopic (exact) mass is 573 g/mol. The van der Waals surface area contributed by atoms with E-state index < -0.39 is 25.7 Å². The predicted molar refractivity (Wildman–Crippen MR) is 142 cm³/mol. The molecule has 0 aromatic heterocycles. The number of unbranched alkanes of at least 4 members (excludes halogenated alkanes) is 14. The fourth-order valence-corrected chi connectivity index (χ4v) is 5.96. The molecule has 0 spiro atoms. The number of nitrogens with one attached hydrogen (secondary N) is 1. The largest absolute Gasteiger partial charge is 0.341 e. The molecular weight excluding hydrogens is 529 g/mol. The Labute approximate surface area is 208 Å². The first-order valence-electron chi connectivity index (χ1n) is 12.9. The van der Waals surface area contributed by atoms with Crippen molar-refractivity contribution in [2.24, 2.45) is 0 Å². The standard InChI is InChI=1S/C27H44INO4/c1-4-5-6-7-8-9-10-11-12-13-14-15-16-17-18-19-25(30)29-27(31)24-21-22(2)20-23(3)26(24)28(32)33/h20-21H,4-19H2,1-3H3,(H,29,30,31). The molecule has 5 nitrogen and oxygen atoms in total. The highest BCUT2D eigenvalue weighted by atomic mass is 127. The van der Waals surface area contributed by atoms with Crippen molar-refractivity contribution in [1.82, 2.24) is 5.32 Å². The number of halogens is 1. The summed E-state index contributed by atoms with van der Waals surface area (Å²) in [5, 5.41) is 2.36. The van der Waals surface area contributed by atoms with Gasteiger partial charge in [-0.2, -0.15) is 0 Å². The summed E-state index contributed by atoms with van der Waals surface area (Å²) in [4.78, 5) is 24.6. The summed E-state index contributed by atoms with van der Waals surface area (Å²) in [6, 6.07) is 3.28. The summed E-state index contributed by atoms with van der Waals surface area (Å²) in [5.74, 6) is -0.950. The van der Waals surface area contributed by atoms with Gasteiger partial charge in [-0.05, 0) is 37.5 Å². The van der Waals surface area contributed by atoms with Crippen molar-refractivity contribution in [2.75, 3.05) is 0 Å². The summed E-state index contributed by atoms with van der Waals surface area (Å²) in [6.07, 6.45) is 19.2. The van der Waals surface area contributed by atoms with Gasteiger partial charge in [0.2, 0.25) is 5.91 Å². The molecule has 1 aromatic rings. The third kappa shape index (κ3) is 13.2. The first-order chi connectivity index (χ1) is 15.9. The topological polar surface area (TPSA) is 80.3 Å². The van der Waals surface area contributed by atoms with Gasteiger partial charge in [0.15, 0.2) is 0 Å². The number of hydrogen-bond acceptors (Lipinski definition) is 4. The lowest BCUT2D eigenvalue weighted by Gasteiger charge is -2.09. The first-order valence-corrected chi connectivity index (χ1v) is 15.7. The molecule has 0 fully saturated rings. The van der Waals surface area contributed by atoms with Crippen molar-refractivity contribution >= 4 is 31.6 Å². The minimum Gasteiger partial charge on any atom is -0.292 e. The Bertz CT molecular complexity index is 794. The van der Waals surface area contributed by atoms with Gasteiger partial charge in [0.25, 0.3) is 5.91 Å². The van der Waals surface area contributed by atoms with E-state index in [-0.39, 0.29) is 15.0 Å². The zero-order valence-electron chi connectivity index (χ0n) is 21.0. The second-order valence-electron chi connectivity index (χ2n) is 9.24. The van der Waals surface area contributed by atoms with Gasteiger partial charge < -0.3 is 0 Å². The molecule has 0 heterocycles. The van der Waals surface area contributed by atoms with Crippen LogP contribution in [0.4, 0.5) is 0 Å². The smallest absolute Gasteiger partial charge is 0.292 e. The third-order valence-corrected chi connectivity index (χ3v) is 8.37. The molecule has 1 aromatic carbocycles. The van der Waals surface area contributed by atoms with Gasteiger partial charge in [0, 0.05) is 6.42 Å². The SMILES string of the molecule is CCCCCCCCCCCCCCCCCC(=O)NC(=O)c1cc(C)cc(C)c1I(=O)=O. The minimum atomic E-state index is -3.84. The van der Waals surface area contributed by atoms with Crippen LogP contribution < -0.4 is 5.32 Å². The van der Waals surface area contributed by atoms with E-state index in [9.17, 15) is 15.7 Å². The van der Waals surface area contributed by atoms with E-state index >= 15 is 0 Å². The summed E-state index contributed by atoms with van der Waals surface area (Å²) in [7, 11) is 0. The van der Waals surface area contributed by atoms with Crippen LogP contribution in [0.2, 0.25) is 0 Å². The van der Waals surface area contributed by atoms with Gasteiger partial charge in [0.05, 0.1) is 9.13 Å². The molecule has 0 aliphatic carbocycles. The van der Waals surface area contributed by atoms with Crippen LogP contribution in [-0.4, -0.2) is 11.8 Å². The van der Waals surface area contributed by atoms with Crippen LogP contribution in [0.3, 0.4) is 0 Å².